The summed E-state index contributed by atoms with van der Waals surface area (Å²) in [5.41, 5.74) is 10.1. The van der Waals surface area contributed by atoms with Gasteiger partial charge in [0.05, 0.1) is 6.33 Å². The molecule has 6 nitrogen and oxygen atoms in total. The van der Waals surface area contributed by atoms with Crippen molar-refractivity contribution in [3.05, 3.63) is 59.2 Å². The standard InChI is InChI=1S/C19H21FN4O2/c1-12-5-14(6-13(2)23-12)10-22-19-24-17-4-3-16(7-18(17)26-19)25-11-15(8-20)9-21/h3-8H,9-11,21H2,1-2H3,(H,22,24)/b15-8-. The second-order valence-corrected chi connectivity index (χ2v) is 6.02. The van der Waals surface area contributed by atoms with Crippen molar-refractivity contribution < 1.29 is 13.5 Å². The number of fused-ring (bicyclic) bond motifs is 1. The summed E-state index contributed by atoms with van der Waals surface area (Å²) in [5, 5.41) is 3.17. The Balaban J connectivity index is 1.68. The van der Waals surface area contributed by atoms with E-state index >= 15 is 0 Å². The van der Waals surface area contributed by atoms with Crippen molar-refractivity contribution in [2.45, 2.75) is 20.4 Å². The molecule has 3 aromatic rings. The highest BCUT2D eigenvalue weighted by Crippen LogP contribution is 2.24. The SMILES string of the molecule is Cc1cc(CNc2nc3ccc(OC/C(=C\F)CN)cc3o2)cc(C)n1. The Labute approximate surface area is 150 Å². The highest BCUT2D eigenvalue weighted by molar-refractivity contribution is 5.76. The minimum atomic E-state index is 0.0957. The summed E-state index contributed by atoms with van der Waals surface area (Å²) in [7, 11) is 0. The Morgan fingerprint density at radius 1 is 1.23 bits per heavy atom. The maximum absolute atomic E-state index is 12.5. The van der Waals surface area contributed by atoms with Gasteiger partial charge in [0.2, 0.25) is 0 Å². The summed E-state index contributed by atoms with van der Waals surface area (Å²) in [4.78, 5) is 8.76. The number of nitrogens with two attached hydrogens (primary N) is 1. The first-order chi connectivity index (χ1) is 12.6. The average molecular weight is 356 g/mol. The van der Waals surface area contributed by atoms with E-state index in [1.807, 2.05) is 26.0 Å². The van der Waals surface area contributed by atoms with E-state index in [2.05, 4.69) is 15.3 Å². The predicted molar refractivity (Wildman–Crippen MR) is 98.8 cm³/mol. The molecule has 0 fully saturated rings. The number of aryl methyl sites for hydroxylation is 2. The number of hydrogen-bond donors (Lipinski definition) is 2. The predicted octanol–water partition coefficient (Wildman–Crippen LogP) is 3.64. The van der Waals surface area contributed by atoms with E-state index in [0.717, 1.165) is 17.0 Å². The molecule has 3 rings (SSSR count). The molecule has 0 atom stereocenters. The van der Waals surface area contributed by atoms with Gasteiger partial charge >= 0.3 is 0 Å². The van der Waals surface area contributed by atoms with Gasteiger partial charge in [-0.3, -0.25) is 4.98 Å². The second kappa shape index (κ2) is 7.97. The zero-order chi connectivity index (χ0) is 18.5. The maximum atomic E-state index is 12.5. The summed E-state index contributed by atoms with van der Waals surface area (Å²) in [6.07, 6.45) is 0.470. The Morgan fingerprint density at radius 2 is 2.00 bits per heavy atom. The molecular weight excluding hydrogens is 335 g/mol. The lowest BCUT2D eigenvalue weighted by Gasteiger charge is -2.06. The monoisotopic (exact) mass is 356 g/mol. The first kappa shape index (κ1) is 17.9. The first-order valence-corrected chi connectivity index (χ1v) is 8.27. The van der Waals surface area contributed by atoms with E-state index in [4.69, 9.17) is 14.9 Å². The third-order valence-electron chi connectivity index (χ3n) is 3.79. The number of ether oxygens (including phenoxy) is 1. The Bertz CT molecular complexity index is 916. The minimum Gasteiger partial charge on any atom is -0.489 e. The molecule has 0 aliphatic carbocycles. The molecule has 26 heavy (non-hydrogen) atoms. The molecule has 0 unspecified atom stereocenters. The van der Waals surface area contributed by atoms with Crippen LogP contribution < -0.4 is 15.8 Å². The highest BCUT2D eigenvalue weighted by Gasteiger charge is 2.08. The zero-order valence-corrected chi connectivity index (χ0v) is 14.8. The number of rotatable bonds is 7. The lowest BCUT2D eigenvalue weighted by atomic mass is 10.2. The van der Waals surface area contributed by atoms with Crippen LogP contribution in [0.3, 0.4) is 0 Å². The maximum Gasteiger partial charge on any atom is 0.295 e. The van der Waals surface area contributed by atoms with Crippen molar-refractivity contribution in [3.8, 4) is 5.75 Å². The molecule has 7 heteroatoms. The van der Waals surface area contributed by atoms with Gasteiger partial charge in [-0.1, -0.05) is 0 Å². The molecule has 0 aliphatic rings. The molecule has 2 aromatic heterocycles. The molecule has 3 N–H and O–H groups in total. The van der Waals surface area contributed by atoms with Crippen molar-refractivity contribution in [2.24, 2.45) is 5.73 Å². The van der Waals surface area contributed by atoms with Gasteiger partial charge in [0, 0.05) is 36.1 Å². The van der Waals surface area contributed by atoms with Crippen molar-refractivity contribution >= 4 is 17.1 Å². The van der Waals surface area contributed by atoms with Gasteiger partial charge in [-0.25, -0.2) is 4.39 Å². The van der Waals surface area contributed by atoms with E-state index in [9.17, 15) is 4.39 Å². The number of anilines is 1. The topological polar surface area (TPSA) is 86.2 Å². The lowest BCUT2D eigenvalue weighted by Crippen LogP contribution is -2.10. The van der Waals surface area contributed by atoms with Gasteiger partial charge in [-0.15, -0.1) is 0 Å². The number of pyridine rings is 1. The van der Waals surface area contributed by atoms with Crippen LogP contribution in [0.5, 0.6) is 5.75 Å². The van der Waals surface area contributed by atoms with Crippen molar-refractivity contribution in [3.63, 3.8) is 0 Å². The van der Waals surface area contributed by atoms with Gasteiger partial charge in [-0.2, -0.15) is 4.98 Å². The minimum absolute atomic E-state index is 0.0957. The first-order valence-electron chi connectivity index (χ1n) is 8.27. The number of nitrogens with one attached hydrogen (secondary N) is 1. The molecule has 2 heterocycles. The molecule has 0 saturated carbocycles. The van der Waals surface area contributed by atoms with Crippen LogP contribution in [-0.4, -0.2) is 23.1 Å². The fraction of sp³-hybridized carbons (Fsp3) is 0.263. The number of halogens is 1. The number of hydrogen-bond acceptors (Lipinski definition) is 6. The fourth-order valence-electron chi connectivity index (χ4n) is 2.58. The number of aromatic nitrogens is 2. The van der Waals surface area contributed by atoms with E-state index in [0.29, 0.717) is 41.3 Å². The quantitative estimate of drug-likeness (QED) is 0.672. The Hall–Kier alpha value is -2.93. The largest absolute Gasteiger partial charge is 0.489 e. The molecule has 0 spiro atoms. The average Bonchev–Trinajstić information content (AvgIpc) is 3.02. The van der Waals surface area contributed by atoms with Gasteiger partial charge in [-0.05, 0) is 43.7 Å². The summed E-state index contributed by atoms with van der Waals surface area (Å²) in [6.45, 7) is 4.72. The van der Waals surface area contributed by atoms with Gasteiger partial charge in [0.25, 0.3) is 6.01 Å². The number of oxazole rings is 1. The third-order valence-corrected chi connectivity index (χ3v) is 3.79. The van der Waals surface area contributed by atoms with Crippen LogP contribution in [0.2, 0.25) is 0 Å². The van der Waals surface area contributed by atoms with E-state index < -0.39 is 0 Å². The second-order valence-electron chi connectivity index (χ2n) is 6.02. The number of benzene rings is 1. The van der Waals surface area contributed by atoms with Gasteiger partial charge in [0.15, 0.2) is 5.58 Å². The zero-order valence-electron chi connectivity index (χ0n) is 14.8. The van der Waals surface area contributed by atoms with E-state index in [-0.39, 0.29) is 13.2 Å². The molecule has 136 valence electrons. The summed E-state index contributed by atoms with van der Waals surface area (Å²) in [5.74, 6) is 0.563. The van der Waals surface area contributed by atoms with E-state index in [1.165, 1.54) is 0 Å². The van der Waals surface area contributed by atoms with Gasteiger partial charge in [0.1, 0.15) is 17.9 Å². The van der Waals surface area contributed by atoms with Crippen molar-refractivity contribution in [1.82, 2.24) is 9.97 Å². The third kappa shape index (κ3) is 4.37. The lowest BCUT2D eigenvalue weighted by molar-refractivity contribution is 0.347. The van der Waals surface area contributed by atoms with Crippen LogP contribution in [0.15, 0.2) is 46.7 Å². The molecular formula is C19H21FN4O2. The van der Waals surface area contributed by atoms with Crippen molar-refractivity contribution in [2.75, 3.05) is 18.5 Å². The van der Waals surface area contributed by atoms with E-state index in [1.54, 1.807) is 18.2 Å². The molecule has 0 aliphatic heterocycles. The molecule has 0 radical (unpaired) electrons. The van der Waals surface area contributed by atoms with Crippen LogP contribution in [0.4, 0.5) is 10.4 Å². The summed E-state index contributed by atoms with van der Waals surface area (Å²) in [6, 6.07) is 9.73. The molecule has 0 bridgehead atoms. The van der Waals surface area contributed by atoms with Crippen LogP contribution >= 0.6 is 0 Å². The van der Waals surface area contributed by atoms with Crippen LogP contribution in [-0.2, 0) is 6.54 Å². The summed E-state index contributed by atoms with van der Waals surface area (Å²) >= 11 is 0. The Morgan fingerprint density at radius 3 is 2.69 bits per heavy atom. The fourth-order valence-corrected chi connectivity index (χ4v) is 2.58. The molecule has 0 saturated heterocycles. The van der Waals surface area contributed by atoms with Crippen LogP contribution in [0.25, 0.3) is 11.1 Å². The summed E-state index contributed by atoms with van der Waals surface area (Å²) < 4.78 is 23.8. The van der Waals surface area contributed by atoms with Crippen LogP contribution in [0.1, 0.15) is 17.0 Å². The molecule has 0 amide bonds. The Kier molecular flexibility index (Phi) is 5.48. The van der Waals surface area contributed by atoms with Crippen LogP contribution in [0, 0.1) is 13.8 Å². The molecule has 1 aromatic carbocycles. The number of nitrogens with zero attached hydrogens (tertiary/aromatic N) is 2. The highest BCUT2D eigenvalue weighted by atomic mass is 19.1. The normalized spacial score (nSPS) is 11.8. The van der Waals surface area contributed by atoms with Crippen molar-refractivity contribution in [1.29, 1.82) is 0 Å². The van der Waals surface area contributed by atoms with Gasteiger partial charge < -0.3 is 20.2 Å². The smallest absolute Gasteiger partial charge is 0.295 e.